The van der Waals surface area contributed by atoms with E-state index >= 15 is 0 Å². The number of hydrogen-bond acceptors (Lipinski definition) is 2. The Morgan fingerprint density at radius 2 is 1.89 bits per heavy atom. The van der Waals surface area contributed by atoms with Crippen LogP contribution in [0.2, 0.25) is 5.02 Å². The van der Waals surface area contributed by atoms with E-state index in [0.29, 0.717) is 10.6 Å². The fourth-order valence-corrected chi connectivity index (χ4v) is 2.45. The molecule has 0 radical (unpaired) electrons. The van der Waals surface area contributed by atoms with Crippen molar-refractivity contribution in [1.82, 2.24) is 9.55 Å². The molecule has 0 aliphatic carbocycles. The molecule has 3 rings (SSSR count). The molecule has 4 heteroatoms. The number of rotatable bonds is 2. The molecule has 1 heterocycles. The lowest BCUT2D eigenvalue weighted by Crippen LogP contribution is -1.86. The van der Waals surface area contributed by atoms with Crippen LogP contribution in [-0.2, 0) is 7.05 Å². The SMILES string of the molecule is Cn1cnc2c(Cl)c(-c3ccc(C=O)cc3)ccc21. The number of nitrogens with zero attached hydrogens (tertiary/aromatic N) is 2. The zero-order valence-corrected chi connectivity index (χ0v) is 11.1. The highest BCUT2D eigenvalue weighted by Gasteiger charge is 2.10. The summed E-state index contributed by atoms with van der Waals surface area (Å²) in [6, 6.07) is 11.3. The Morgan fingerprint density at radius 1 is 1.16 bits per heavy atom. The maximum Gasteiger partial charge on any atom is 0.150 e. The maximum atomic E-state index is 10.7. The Labute approximate surface area is 115 Å². The van der Waals surface area contributed by atoms with Crippen LogP contribution >= 0.6 is 11.6 Å². The van der Waals surface area contributed by atoms with Crippen molar-refractivity contribution in [2.24, 2.45) is 7.05 Å². The molecular formula is C15H11ClN2O. The molecule has 0 fully saturated rings. The molecule has 0 amide bonds. The summed E-state index contributed by atoms with van der Waals surface area (Å²) in [5, 5.41) is 0.636. The lowest BCUT2D eigenvalue weighted by molar-refractivity contribution is 0.112. The molecule has 0 aliphatic rings. The van der Waals surface area contributed by atoms with E-state index in [1.54, 1.807) is 18.5 Å². The van der Waals surface area contributed by atoms with Gasteiger partial charge in [-0.05, 0) is 11.6 Å². The van der Waals surface area contributed by atoms with E-state index < -0.39 is 0 Å². The molecule has 19 heavy (non-hydrogen) atoms. The molecule has 0 unspecified atom stereocenters. The van der Waals surface area contributed by atoms with Gasteiger partial charge in [0.2, 0.25) is 0 Å². The largest absolute Gasteiger partial charge is 0.334 e. The summed E-state index contributed by atoms with van der Waals surface area (Å²) < 4.78 is 1.93. The quantitative estimate of drug-likeness (QED) is 0.666. The number of hydrogen-bond donors (Lipinski definition) is 0. The number of benzene rings is 2. The van der Waals surface area contributed by atoms with Gasteiger partial charge in [-0.25, -0.2) is 4.98 Å². The highest BCUT2D eigenvalue weighted by molar-refractivity contribution is 6.37. The molecule has 0 N–H and O–H groups in total. The second-order valence-corrected chi connectivity index (χ2v) is 4.77. The third kappa shape index (κ3) is 1.92. The zero-order chi connectivity index (χ0) is 13.4. The van der Waals surface area contributed by atoms with Crippen LogP contribution in [0.3, 0.4) is 0 Å². The van der Waals surface area contributed by atoms with Crippen molar-refractivity contribution in [3.05, 3.63) is 53.3 Å². The molecule has 0 atom stereocenters. The Balaban J connectivity index is 2.18. The van der Waals surface area contributed by atoms with Crippen molar-refractivity contribution >= 4 is 28.9 Å². The van der Waals surface area contributed by atoms with Gasteiger partial charge in [-0.2, -0.15) is 0 Å². The highest BCUT2D eigenvalue weighted by Crippen LogP contribution is 2.33. The molecule has 3 nitrogen and oxygen atoms in total. The Hall–Kier alpha value is -2.13. The van der Waals surface area contributed by atoms with Crippen LogP contribution in [0, 0.1) is 0 Å². The van der Waals surface area contributed by atoms with Crippen LogP contribution in [-0.4, -0.2) is 15.8 Å². The number of aryl methyl sites for hydroxylation is 1. The lowest BCUT2D eigenvalue weighted by atomic mass is 10.0. The summed E-state index contributed by atoms with van der Waals surface area (Å²) in [7, 11) is 1.93. The molecule has 0 saturated heterocycles. The molecule has 2 aromatic carbocycles. The average molecular weight is 271 g/mol. The lowest BCUT2D eigenvalue weighted by Gasteiger charge is -2.06. The number of carbonyl (C=O) groups is 1. The van der Waals surface area contributed by atoms with E-state index in [4.69, 9.17) is 11.6 Å². The molecule has 3 aromatic rings. The van der Waals surface area contributed by atoms with Gasteiger partial charge in [0.25, 0.3) is 0 Å². The maximum absolute atomic E-state index is 10.7. The van der Waals surface area contributed by atoms with Crippen LogP contribution in [0.1, 0.15) is 10.4 Å². The van der Waals surface area contributed by atoms with Gasteiger partial charge in [0, 0.05) is 18.2 Å². The summed E-state index contributed by atoms with van der Waals surface area (Å²) in [6.45, 7) is 0. The standard InChI is InChI=1S/C15H11ClN2O/c1-18-9-17-15-13(18)7-6-12(14(15)16)11-4-2-10(8-19)3-5-11/h2-9H,1H3. The van der Waals surface area contributed by atoms with Crippen molar-refractivity contribution < 1.29 is 4.79 Å². The van der Waals surface area contributed by atoms with Gasteiger partial charge >= 0.3 is 0 Å². The van der Waals surface area contributed by atoms with Crippen LogP contribution in [0.25, 0.3) is 22.2 Å². The van der Waals surface area contributed by atoms with Crippen molar-refractivity contribution in [3.8, 4) is 11.1 Å². The Kier molecular flexibility index (Phi) is 2.84. The summed E-state index contributed by atoms with van der Waals surface area (Å²) in [4.78, 5) is 15.0. The van der Waals surface area contributed by atoms with E-state index in [9.17, 15) is 4.79 Å². The van der Waals surface area contributed by atoms with Gasteiger partial charge in [0.05, 0.1) is 16.9 Å². The monoisotopic (exact) mass is 270 g/mol. The summed E-state index contributed by atoms with van der Waals surface area (Å²) >= 11 is 6.42. The first kappa shape index (κ1) is 11.9. The number of halogens is 1. The number of carbonyl (C=O) groups excluding carboxylic acids is 1. The van der Waals surface area contributed by atoms with Gasteiger partial charge in [-0.1, -0.05) is 41.9 Å². The first-order chi connectivity index (χ1) is 9.20. The second kappa shape index (κ2) is 4.52. The number of aldehydes is 1. The minimum absolute atomic E-state index is 0.636. The van der Waals surface area contributed by atoms with E-state index in [0.717, 1.165) is 28.4 Å². The van der Waals surface area contributed by atoms with E-state index in [1.807, 2.05) is 35.9 Å². The summed E-state index contributed by atoms with van der Waals surface area (Å²) in [5.41, 5.74) is 4.34. The normalized spacial score (nSPS) is 10.8. The number of fused-ring (bicyclic) bond motifs is 1. The van der Waals surface area contributed by atoms with Crippen LogP contribution in [0.5, 0.6) is 0 Å². The highest BCUT2D eigenvalue weighted by atomic mass is 35.5. The fraction of sp³-hybridized carbons (Fsp3) is 0.0667. The van der Waals surface area contributed by atoms with Gasteiger partial charge in [0.1, 0.15) is 11.8 Å². The van der Waals surface area contributed by atoms with E-state index in [2.05, 4.69) is 4.98 Å². The van der Waals surface area contributed by atoms with Gasteiger partial charge in [0.15, 0.2) is 0 Å². The molecule has 1 aromatic heterocycles. The number of aromatic nitrogens is 2. The van der Waals surface area contributed by atoms with Crippen molar-refractivity contribution in [3.63, 3.8) is 0 Å². The van der Waals surface area contributed by atoms with E-state index in [-0.39, 0.29) is 0 Å². The predicted molar refractivity (Wildman–Crippen MR) is 76.5 cm³/mol. The van der Waals surface area contributed by atoms with Crippen LogP contribution in [0.15, 0.2) is 42.7 Å². The predicted octanol–water partition coefficient (Wildman–Crippen LogP) is 3.71. The third-order valence-corrected chi connectivity index (χ3v) is 3.58. The first-order valence-corrected chi connectivity index (χ1v) is 6.23. The molecule has 0 aliphatic heterocycles. The van der Waals surface area contributed by atoms with Crippen molar-refractivity contribution in [1.29, 1.82) is 0 Å². The van der Waals surface area contributed by atoms with Crippen LogP contribution < -0.4 is 0 Å². The van der Waals surface area contributed by atoms with Crippen molar-refractivity contribution in [2.45, 2.75) is 0 Å². The third-order valence-electron chi connectivity index (χ3n) is 3.19. The van der Waals surface area contributed by atoms with Crippen molar-refractivity contribution in [2.75, 3.05) is 0 Å². The minimum atomic E-state index is 0.636. The minimum Gasteiger partial charge on any atom is -0.334 e. The average Bonchev–Trinajstić information content (AvgIpc) is 2.82. The fourth-order valence-electron chi connectivity index (χ4n) is 2.13. The zero-order valence-electron chi connectivity index (χ0n) is 10.3. The molecule has 0 spiro atoms. The number of imidazole rings is 1. The Bertz CT molecular complexity index is 760. The molecular weight excluding hydrogens is 260 g/mol. The second-order valence-electron chi connectivity index (χ2n) is 4.39. The van der Waals surface area contributed by atoms with Gasteiger partial charge in [-0.3, -0.25) is 4.79 Å². The summed E-state index contributed by atoms with van der Waals surface area (Å²) in [5.74, 6) is 0. The van der Waals surface area contributed by atoms with E-state index in [1.165, 1.54) is 0 Å². The first-order valence-electron chi connectivity index (χ1n) is 5.86. The molecule has 94 valence electrons. The topological polar surface area (TPSA) is 34.9 Å². The summed E-state index contributed by atoms with van der Waals surface area (Å²) in [6.07, 6.45) is 2.57. The molecule has 0 bridgehead atoms. The van der Waals surface area contributed by atoms with Crippen LogP contribution in [0.4, 0.5) is 0 Å². The molecule has 0 saturated carbocycles. The Morgan fingerprint density at radius 3 is 2.58 bits per heavy atom. The van der Waals surface area contributed by atoms with Gasteiger partial charge < -0.3 is 4.57 Å². The smallest absolute Gasteiger partial charge is 0.150 e. The van der Waals surface area contributed by atoms with Gasteiger partial charge in [-0.15, -0.1) is 0 Å².